The number of hydrogen-bond donors (Lipinski definition) is 0. The molecule has 1 aliphatic rings. The third-order valence-electron chi connectivity index (χ3n) is 3.93. The van der Waals surface area contributed by atoms with Crippen LogP contribution >= 0.6 is 11.6 Å². The predicted octanol–water partition coefficient (Wildman–Crippen LogP) is 3.33. The number of halogens is 1. The summed E-state index contributed by atoms with van der Waals surface area (Å²) >= 11 is 6.06. The highest BCUT2D eigenvalue weighted by atomic mass is 35.5. The van der Waals surface area contributed by atoms with Crippen molar-refractivity contribution >= 4 is 17.5 Å². The minimum Gasteiger partial charge on any atom is -0.339 e. The summed E-state index contributed by atoms with van der Waals surface area (Å²) in [5, 5.41) is 4.45. The van der Waals surface area contributed by atoms with Gasteiger partial charge < -0.3 is 9.42 Å². The van der Waals surface area contributed by atoms with Crippen LogP contribution in [0.2, 0.25) is 5.02 Å². The van der Waals surface area contributed by atoms with Crippen LogP contribution in [-0.2, 0) is 11.2 Å². The first-order chi connectivity index (χ1) is 10.6. The number of likely N-dealkylation sites (tertiary alicyclic amines) is 1. The SMILES string of the molecule is Cc1noc(CCC(=O)N2CCCC2c2cccc(Cl)c2)n1. The zero-order valence-electron chi connectivity index (χ0n) is 12.5. The number of rotatable bonds is 4. The second-order valence-electron chi connectivity index (χ2n) is 5.54. The fraction of sp³-hybridized carbons (Fsp3) is 0.438. The van der Waals surface area contributed by atoms with E-state index in [4.69, 9.17) is 16.1 Å². The van der Waals surface area contributed by atoms with Crippen molar-refractivity contribution in [3.05, 3.63) is 46.6 Å². The van der Waals surface area contributed by atoms with Crippen LogP contribution in [0.25, 0.3) is 0 Å². The van der Waals surface area contributed by atoms with E-state index in [9.17, 15) is 4.79 Å². The molecule has 0 radical (unpaired) electrons. The van der Waals surface area contributed by atoms with Gasteiger partial charge in [-0.15, -0.1) is 0 Å². The fourth-order valence-electron chi connectivity index (χ4n) is 2.92. The molecule has 22 heavy (non-hydrogen) atoms. The minimum atomic E-state index is 0.121. The lowest BCUT2D eigenvalue weighted by molar-refractivity contribution is -0.132. The van der Waals surface area contributed by atoms with Crippen LogP contribution in [0.4, 0.5) is 0 Å². The molecule has 1 atom stereocenters. The Kier molecular flexibility index (Phi) is 4.43. The van der Waals surface area contributed by atoms with Gasteiger partial charge in [-0.25, -0.2) is 0 Å². The summed E-state index contributed by atoms with van der Waals surface area (Å²) in [5.41, 5.74) is 1.10. The molecule has 3 rings (SSSR count). The average molecular weight is 320 g/mol. The summed E-state index contributed by atoms with van der Waals surface area (Å²) in [7, 11) is 0. The van der Waals surface area contributed by atoms with Gasteiger partial charge in [-0.2, -0.15) is 4.98 Å². The Hall–Kier alpha value is -1.88. The Labute approximate surface area is 134 Å². The maximum Gasteiger partial charge on any atom is 0.227 e. The van der Waals surface area contributed by atoms with Gasteiger partial charge in [0.25, 0.3) is 0 Å². The van der Waals surface area contributed by atoms with Crippen molar-refractivity contribution in [3.63, 3.8) is 0 Å². The Morgan fingerprint density at radius 3 is 3.09 bits per heavy atom. The lowest BCUT2D eigenvalue weighted by Crippen LogP contribution is -2.30. The molecule has 1 unspecified atom stereocenters. The molecule has 1 amide bonds. The second-order valence-corrected chi connectivity index (χ2v) is 5.97. The standard InChI is InChI=1S/C16H18ClN3O2/c1-11-18-15(22-19-11)7-8-16(21)20-9-3-6-14(20)12-4-2-5-13(17)10-12/h2,4-5,10,14H,3,6-9H2,1H3. The fourth-order valence-corrected chi connectivity index (χ4v) is 3.12. The van der Waals surface area contributed by atoms with E-state index in [2.05, 4.69) is 10.1 Å². The van der Waals surface area contributed by atoms with Crippen molar-refractivity contribution < 1.29 is 9.32 Å². The largest absolute Gasteiger partial charge is 0.339 e. The molecule has 1 aliphatic heterocycles. The van der Waals surface area contributed by atoms with Crippen LogP contribution < -0.4 is 0 Å². The smallest absolute Gasteiger partial charge is 0.227 e. The molecular weight excluding hydrogens is 302 g/mol. The van der Waals surface area contributed by atoms with Gasteiger partial charge in [0, 0.05) is 24.4 Å². The third-order valence-corrected chi connectivity index (χ3v) is 4.16. The molecule has 1 saturated heterocycles. The predicted molar refractivity (Wildman–Crippen MR) is 82.5 cm³/mol. The summed E-state index contributed by atoms with van der Waals surface area (Å²) in [6, 6.07) is 7.88. The highest BCUT2D eigenvalue weighted by molar-refractivity contribution is 6.30. The van der Waals surface area contributed by atoms with Crippen molar-refractivity contribution in [2.24, 2.45) is 0 Å². The molecule has 5 nitrogen and oxygen atoms in total. The van der Waals surface area contributed by atoms with Gasteiger partial charge in [0.1, 0.15) is 0 Å². The summed E-state index contributed by atoms with van der Waals surface area (Å²) in [6.07, 6.45) is 2.87. The van der Waals surface area contributed by atoms with Gasteiger partial charge in [-0.3, -0.25) is 4.79 Å². The number of aromatic nitrogens is 2. The maximum atomic E-state index is 12.5. The van der Waals surface area contributed by atoms with E-state index in [-0.39, 0.29) is 11.9 Å². The zero-order valence-corrected chi connectivity index (χ0v) is 13.2. The van der Waals surface area contributed by atoms with Crippen molar-refractivity contribution in [2.75, 3.05) is 6.54 Å². The van der Waals surface area contributed by atoms with Crippen molar-refractivity contribution in [3.8, 4) is 0 Å². The molecule has 1 aromatic heterocycles. The summed E-state index contributed by atoms with van der Waals surface area (Å²) in [6.45, 7) is 2.56. The van der Waals surface area contributed by atoms with Crippen LogP contribution in [0, 0.1) is 6.92 Å². The van der Waals surface area contributed by atoms with E-state index in [0.717, 1.165) is 24.9 Å². The number of hydrogen-bond acceptors (Lipinski definition) is 4. The number of amides is 1. The molecule has 0 bridgehead atoms. The number of carbonyl (C=O) groups is 1. The van der Waals surface area contributed by atoms with Crippen LogP contribution in [0.5, 0.6) is 0 Å². The first-order valence-electron chi connectivity index (χ1n) is 7.47. The summed E-state index contributed by atoms with van der Waals surface area (Å²) < 4.78 is 5.06. The van der Waals surface area contributed by atoms with Gasteiger partial charge in [0.15, 0.2) is 5.82 Å². The third kappa shape index (κ3) is 3.30. The van der Waals surface area contributed by atoms with E-state index in [1.807, 2.05) is 29.2 Å². The molecule has 0 spiro atoms. The van der Waals surface area contributed by atoms with Crippen LogP contribution in [-0.4, -0.2) is 27.5 Å². The Morgan fingerprint density at radius 1 is 1.50 bits per heavy atom. The number of benzene rings is 1. The van der Waals surface area contributed by atoms with Crippen molar-refractivity contribution in [1.29, 1.82) is 0 Å². The van der Waals surface area contributed by atoms with E-state index in [0.29, 0.717) is 29.6 Å². The van der Waals surface area contributed by atoms with Crippen molar-refractivity contribution in [1.82, 2.24) is 15.0 Å². The highest BCUT2D eigenvalue weighted by Crippen LogP contribution is 2.33. The Morgan fingerprint density at radius 2 is 2.36 bits per heavy atom. The molecule has 0 aliphatic carbocycles. The quantitative estimate of drug-likeness (QED) is 0.867. The highest BCUT2D eigenvalue weighted by Gasteiger charge is 2.29. The number of nitrogens with zero attached hydrogens (tertiary/aromatic N) is 3. The molecule has 1 fully saturated rings. The van der Waals surface area contributed by atoms with Crippen molar-refractivity contribution in [2.45, 2.75) is 38.6 Å². The normalized spacial score (nSPS) is 17.9. The second kappa shape index (κ2) is 6.48. The lowest BCUT2D eigenvalue weighted by atomic mass is 10.0. The first-order valence-corrected chi connectivity index (χ1v) is 7.85. The summed E-state index contributed by atoms with van der Waals surface area (Å²) in [4.78, 5) is 18.6. The lowest BCUT2D eigenvalue weighted by Gasteiger charge is -2.25. The summed E-state index contributed by atoms with van der Waals surface area (Å²) in [5.74, 6) is 1.24. The molecule has 0 saturated carbocycles. The number of carbonyl (C=O) groups excluding carboxylic acids is 1. The molecule has 1 aromatic carbocycles. The van der Waals surface area contributed by atoms with Gasteiger partial charge >= 0.3 is 0 Å². The van der Waals surface area contributed by atoms with Crippen LogP contribution in [0.1, 0.15) is 42.6 Å². The van der Waals surface area contributed by atoms with Crippen LogP contribution in [0.3, 0.4) is 0 Å². The van der Waals surface area contributed by atoms with E-state index in [1.54, 1.807) is 6.92 Å². The zero-order chi connectivity index (χ0) is 15.5. The number of aryl methyl sites for hydroxylation is 2. The van der Waals surface area contributed by atoms with Gasteiger partial charge in [-0.1, -0.05) is 28.9 Å². The first kappa shape index (κ1) is 15.0. The Balaban J connectivity index is 1.66. The van der Waals surface area contributed by atoms with Gasteiger partial charge in [-0.05, 0) is 37.5 Å². The van der Waals surface area contributed by atoms with Gasteiger partial charge in [0.2, 0.25) is 11.8 Å². The molecule has 2 heterocycles. The molecular formula is C16H18ClN3O2. The molecule has 0 N–H and O–H groups in total. The Bertz CT molecular complexity index is 671. The maximum absolute atomic E-state index is 12.5. The van der Waals surface area contributed by atoms with E-state index in [1.165, 1.54) is 0 Å². The molecule has 6 heteroatoms. The van der Waals surface area contributed by atoms with Crippen LogP contribution in [0.15, 0.2) is 28.8 Å². The average Bonchev–Trinajstić information content (AvgIpc) is 3.13. The topological polar surface area (TPSA) is 59.2 Å². The monoisotopic (exact) mass is 319 g/mol. The molecule has 2 aromatic rings. The van der Waals surface area contributed by atoms with E-state index < -0.39 is 0 Å². The molecule has 116 valence electrons. The van der Waals surface area contributed by atoms with Gasteiger partial charge in [0.05, 0.1) is 6.04 Å². The van der Waals surface area contributed by atoms with E-state index >= 15 is 0 Å². The minimum absolute atomic E-state index is 0.121.